The first kappa shape index (κ1) is 17.4. The molecule has 0 aliphatic rings. The fourth-order valence-electron chi connectivity index (χ4n) is 2.05. The van der Waals surface area contributed by atoms with Crippen LogP contribution in [0.25, 0.3) is 0 Å². The normalized spacial score (nSPS) is 10.4. The van der Waals surface area contributed by atoms with Gasteiger partial charge in [0.2, 0.25) is 5.13 Å². The Morgan fingerprint density at radius 1 is 1.12 bits per heavy atom. The topological polar surface area (TPSA) is 64.1 Å². The van der Waals surface area contributed by atoms with Crippen molar-refractivity contribution in [3.05, 3.63) is 65.7 Å². The molecule has 0 bridgehead atoms. The quantitative estimate of drug-likeness (QED) is 0.499. The standard InChI is InChI=1S/C18H17N3O2S2/c1-13-7-5-6-8-14(13)12-24-18-21-20-17(25-18)19-16(22)11-23-15-9-3-2-4-10-15/h2-10H,11-12H2,1H3,(H,19,20,22). The number of hydrogen-bond acceptors (Lipinski definition) is 6. The zero-order valence-corrected chi connectivity index (χ0v) is 15.3. The summed E-state index contributed by atoms with van der Waals surface area (Å²) >= 11 is 2.97. The minimum Gasteiger partial charge on any atom is -0.484 e. The van der Waals surface area contributed by atoms with Crippen molar-refractivity contribution in [2.24, 2.45) is 0 Å². The molecule has 1 amide bonds. The summed E-state index contributed by atoms with van der Waals surface area (Å²) in [6.45, 7) is 2.03. The number of carbonyl (C=O) groups is 1. The van der Waals surface area contributed by atoms with E-state index < -0.39 is 0 Å². The summed E-state index contributed by atoms with van der Waals surface area (Å²) in [6.07, 6.45) is 0. The van der Waals surface area contributed by atoms with Crippen molar-refractivity contribution in [2.45, 2.75) is 17.0 Å². The van der Waals surface area contributed by atoms with Gasteiger partial charge < -0.3 is 4.74 Å². The summed E-state index contributed by atoms with van der Waals surface area (Å²) in [5.41, 5.74) is 2.52. The first-order valence-corrected chi connectivity index (χ1v) is 9.49. The highest BCUT2D eigenvalue weighted by molar-refractivity contribution is 8.00. The highest BCUT2D eigenvalue weighted by atomic mass is 32.2. The lowest BCUT2D eigenvalue weighted by molar-refractivity contribution is -0.118. The van der Waals surface area contributed by atoms with E-state index in [0.29, 0.717) is 10.9 Å². The second kappa shape index (κ2) is 8.64. The lowest BCUT2D eigenvalue weighted by atomic mass is 10.1. The summed E-state index contributed by atoms with van der Waals surface area (Å²) in [5, 5.41) is 11.3. The smallest absolute Gasteiger partial charge is 0.264 e. The van der Waals surface area contributed by atoms with Crippen LogP contribution in [0.2, 0.25) is 0 Å². The lowest BCUT2D eigenvalue weighted by Gasteiger charge is -2.04. The highest BCUT2D eigenvalue weighted by Gasteiger charge is 2.10. The molecule has 1 N–H and O–H groups in total. The average Bonchev–Trinajstić information content (AvgIpc) is 3.07. The van der Waals surface area contributed by atoms with E-state index in [1.807, 2.05) is 30.3 Å². The van der Waals surface area contributed by atoms with Gasteiger partial charge in [0.05, 0.1) is 0 Å². The molecule has 5 nitrogen and oxygen atoms in total. The molecule has 0 radical (unpaired) electrons. The van der Waals surface area contributed by atoms with Crippen LogP contribution in [0.15, 0.2) is 58.9 Å². The van der Waals surface area contributed by atoms with Gasteiger partial charge in [-0.15, -0.1) is 10.2 Å². The van der Waals surface area contributed by atoms with E-state index >= 15 is 0 Å². The second-order valence-corrected chi connectivity index (χ2v) is 7.44. The van der Waals surface area contributed by atoms with E-state index in [9.17, 15) is 4.79 Å². The molecule has 0 atom stereocenters. The van der Waals surface area contributed by atoms with E-state index in [0.717, 1.165) is 10.1 Å². The van der Waals surface area contributed by atoms with Crippen LogP contribution >= 0.6 is 23.1 Å². The molecule has 3 aromatic rings. The van der Waals surface area contributed by atoms with E-state index in [4.69, 9.17) is 4.74 Å². The van der Waals surface area contributed by atoms with Gasteiger partial charge in [-0.05, 0) is 30.2 Å². The predicted octanol–water partition coefficient (Wildman–Crippen LogP) is 4.16. The van der Waals surface area contributed by atoms with Crippen LogP contribution in [0.1, 0.15) is 11.1 Å². The Morgan fingerprint density at radius 2 is 1.88 bits per heavy atom. The molecule has 0 saturated heterocycles. The lowest BCUT2D eigenvalue weighted by Crippen LogP contribution is -2.20. The van der Waals surface area contributed by atoms with Gasteiger partial charge in [-0.25, -0.2) is 0 Å². The Hall–Kier alpha value is -2.38. The SMILES string of the molecule is Cc1ccccc1CSc1nnc(NC(=O)COc2ccccc2)s1. The number of hydrogen-bond donors (Lipinski definition) is 1. The molecule has 128 valence electrons. The molecule has 0 fully saturated rings. The molecule has 0 unspecified atom stereocenters. The Kier molecular flexibility index (Phi) is 6.03. The minimum absolute atomic E-state index is 0.0602. The molecule has 2 aromatic carbocycles. The third-order valence-electron chi connectivity index (χ3n) is 3.38. The maximum atomic E-state index is 11.9. The van der Waals surface area contributed by atoms with Gasteiger partial charge in [0, 0.05) is 5.75 Å². The largest absolute Gasteiger partial charge is 0.484 e. The molecular weight excluding hydrogens is 354 g/mol. The number of rotatable bonds is 7. The fraction of sp³-hybridized carbons (Fsp3) is 0.167. The first-order chi connectivity index (χ1) is 12.2. The van der Waals surface area contributed by atoms with Crippen molar-refractivity contribution < 1.29 is 9.53 Å². The molecule has 1 aromatic heterocycles. The van der Waals surface area contributed by atoms with Gasteiger partial charge in [-0.1, -0.05) is 65.6 Å². The Labute approximate surface area is 154 Å². The van der Waals surface area contributed by atoms with Crippen LogP contribution < -0.4 is 10.1 Å². The molecule has 0 aliphatic carbocycles. The number of thioether (sulfide) groups is 1. The van der Waals surface area contributed by atoms with Crippen molar-refractivity contribution in [3.8, 4) is 5.75 Å². The molecule has 0 aliphatic heterocycles. The van der Waals surface area contributed by atoms with Gasteiger partial charge in [-0.3, -0.25) is 10.1 Å². The van der Waals surface area contributed by atoms with Crippen LogP contribution in [0.5, 0.6) is 5.75 Å². The van der Waals surface area contributed by atoms with Gasteiger partial charge in [-0.2, -0.15) is 0 Å². The third kappa shape index (κ3) is 5.30. The number of amides is 1. The van der Waals surface area contributed by atoms with Crippen LogP contribution in [0, 0.1) is 6.92 Å². The van der Waals surface area contributed by atoms with Crippen molar-refractivity contribution in [2.75, 3.05) is 11.9 Å². The summed E-state index contributed by atoms with van der Waals surface area (Å²) < 4.78 is 6.23. The number of carbonyl (C=O) groups excluding carboxylic acids is 1. The second-order valence-electron chi connectivity index (χ2n) is 5.24. The van der Waals surface area contributed by atoms with Crippen LogP contribution in [0.4, 0.5) is 5.13 Å². The summed E-state index contributed by atoms with van der Waals surface area (Å²) in [4.78, 5) is 11.9. The maximum Gasteiger partial charge on any atom is 0.264 e. The number of aryl methyl sites for hydroxylation is 1. The molecule has 0 saturated carbocycles. The van der Waals surface area contributed by atoms with E-state index in [-0.39, 0.29) is 12.5 Å². The third-order valence-corrected chi connectivity index (χ3v) is 5.40. The zero-order valence-electron chi connectivity index (χ0n) is 13.6. The number of aromatic nitrogens is 2. The fourth-order valence-corrected chi connectivity index (χ4v) is 3.90. The van der Waals surface area contributed by atoms with Crippen molar-refractivity contribution in [1.82, 2.24) is 10.2 Å². The maximum absolute atomic E-state index is 11.9. The first-order valence-electron chi connectivity index (χ1n) is 7.69. The molecule has 0 spiro atoms. The van der Waals surface area contributed by atoms with Gasteiger partial charge in [0.15, 0.2) is 10.9 Å². The summed E-state index contributed by atoms with van der Waals surface area (Å²) in [7, 11) is 0. The Bertz CT molecular complexity index is 837. The summed E-state index contributed by atoms with van der Waals surface area (Å²) in [6, 6.07) is 17.5. The van der Waals surface area contributed by atoms with E-state index in [1.165, 1.54) is 22.5 Å². The molecule has 7 heteroatoms. The van der Waals surface area contributed by atoms with E-state index in [1.54, 1.807) is 23.9 Å². The number of ether oxygens (including phenoxy) is 1. The Balaban J connectivity index is 1.48. The van der Waals surface area contributed by atoms with Crippen molar-refractivity contribution in [3.63, 3.8) is 0 Å². The van der Waals surface area contributed by atoms with Crippen LogP contribution in [0.3, 0.4) is 0 Å². The zero-order chi connectivity index (χ0) is 17.5. The number of nitrogens with one attached hydrogen (secondary N) is 1. The Morgan fingerprint density at radius 3 is 2.68 bits per heavy atom. The van der Waals surface area contributed by atoms with Gasteiger partial charge in [0.25, 0.3) is 5.91 Å². The number of anilines is 1. The minimum atomic E-state index is -0.254. The molecular formula is C18H17N3O2S2. The van der Waals surface area contributed by atoms with Crippen LogP contribution in [-0.4, -0.2) is 22.7 Å². The number of benzene rings is 2. The van der Waals surface area contributed by atoms with E-state index in [2.05, 4.69) is 34.6 Å². The average molecular weight is 371 g/mol. The van der Waals surface area contributed by atoms with Gasteiger partial charge in [0.1, 0.15) is 5.75 Å². The number of nitrogens with zero attached hydrogens (tertiary/aromatic N) is 2. The molecule has 25 heavy (non-hydrogen) atoms. The molecule has 1 heterocycles. The summed E-state index contributed by atoms with van der Waals surface area (Å²) in [5.74, 6) is 1.23. The predicted molar refractivity (Wildman–Crippen MR) is 101 cm³/mol. The number of para-hydroxylation sites is 1. The molecule has 3 rings (SSSR count). The monoisotopic (exact) mass is 371 g/mol. The van der Waals surface area contributed by atoms with Crippen molar-refractivity contribution in [1.29, 1.82) is 0 Å². The van der Waals surface area contributed by atoms with Crippen molar-refractivity contribution >= 4 is 34.1 Å². The van der Waals surface area contributed by atoms with Crippen LogP contribution in [-0.2, 0) is 10.5 Å². The van der Waals surface area contributed by atoms with Gasteiger partial charge >= 0.3 is 0 Å². The highest BCUT2D eigenvalue weighted by Crippen LogP contribution is 2.29.